The molecule has 1 heterocycles. The highest BCUT2D eigenvalue weighted by Gasteiger charge is 2.42. The Morgan fingerprint density at radius 1 is 1.42 bits per heavy atom. The number of carbonyl (C=O) groups is 1. The van der Waals surface area contributed by atoms with Crippen LogP contribution >= 0.6 is 0 Å². The third-order valence-corrected chi connectivity index (χ3v) is 3.61. The monoisotopic (exact) mass is 270 g/mol. The molecule has 1 fully saturated rings. The summed E-state index contributed by atoms with van der Waals surface area (Å²) in [6.07, 6.45) is 3.23. The van der Waals surface area contributed by atoms with E-state index in [1.807, 2.05) is 32.7 Å². The summed E-state index contributed by atoms with van der Waals surface area (Å²) in [6, 6.07) is 0. The van der Waals surface area contributed by atoms with E-state index < -0.39 is 5.60 Å². The van der Waals surface area contributed by atoms with Gasteiger partial charge in [0.15, 0.2) is 0 Å². The lowest BCUT2D eigenvalue weighted by Crippen LogP contribution is -2.45. The van der Waals surface area contributed by atoms with Crippen LogP contribution in [-0.2, 0) is 4.74 Å². The SMILES string of the molecule is CNCCCC1CN(C(=O)OC(C)(C)C)C(C)(C)C1. The smallest absolute Gasteiger partial charge is 0.410 e. The van der Waals surface area contributed by atoms with Crippen molar-refractivity contribution in [2.24, 2.45) is 5.92 Å². The second-order valence-corrected chi connectivity index (χ2v) is 7.22. The number of nitrogens with zero attached hydrogens (tertiary/aromatic N) is 1. The topological polar surface area (TPSA) is 41.6 Å². The number of nitrogens with one attached hydrogen (secondary N) is 1. The highest BCUT2D eigenvalue weighted by Crippen LogP contribution is 2.35. The summed E-state index contributed by atoms with van der Waals surface area (Å²) in [5.74, 6) is 0.593. The molecule has 19 heavy (non-hydrogen) atoms. The highest BCUT2D eigenvalue weighted by molar-refractivity contribution is 5.69. The van der Waals surface area contributed by atoms with Gasteiger partial charge in [-0.15, -0.1) is 0 Å². The van der Waals surface area contributed by atoms with Gasteiger partial charge in [0, 0.05) is 12.1 Å². The number of ether oxygens (including phenoxy) is 1. The summed E-state index contributed by atoms with van der Waals surface area (Å²) in [4.78, 5) is 14.1. The lowest BCUT2D eigenvalue weighted by Gasteiger charge is -2.33. The Balaban J connectivity index is 2.56. The van der Waals surface area contributed by atoms with Crippen molar-refractivity contribution in [3.8, 4) is 0 Å². The van der Waals surface area contributed by atoms with Crippen LogP contribution in [0, 0.1) is 5.92 Å². The van der Waals surface area contributed by atoms with Crippen LogP contribution in [0.15, 0.2) is 0 Å². The van der Waals surface area contributed by atoms with Gasteiger partial charge < -0.3 is 15.0 Å². The van der Waals surface area contributed by atoms with Crippen LogP contribution in [0.25, 0.3) is 0 Å². The fourth-order valence-electron chi connectivity index (χ4n) is 2.79. The average molecular weight is 270 g/mol. The molecule has 0 aromatic carbocycles. The molecular weight excluding hydrogens is 240 g/mol. The minimum atomic E-state index is -0.419. The molecule has 0 radical (unpaired) electrons. The van der Waals surface area contributed by atoms with E-state index in [-0.39, 0.29) is 11.6 Å². The molecule has 1 saturated heterocycles. The van der Waals surface area contributed by atoms with Crippen LogP contribution in [0.1, 0.15) is 53.9 Å². The van der Waals surface area contributed by atoms with Crippen molar-refractivity contribution in [3.63, 3.8) is 0 Å². The van der Waals surface area contributed by atoms with Crippen molar-refractivity contribution >= 4 is 6.09 Å². The molecule has 0 aromatic rings. The Morgan fingerprint density at radius 2 is 2.05 bits per heavy atom. The first kappa shape index (κ1) is 16.3. The van der Waals surface area contributed by atoms with Crippen molar-refractivity contribution in [1.82, 2.24) is 10.2 Å². The summed E-state index contributed by atoms with van der Waals surface area (Å²) in [5.41, 5.74) is -0.510. The van der Waals surface area contributed by atoms with Crippen LogP contribution in [0.5, 0.6) is 0 Å². The molecular formula is C15H30N2O2. The molecule has 112 valence electrons. The van der Waals surface area contributed by atoms with Crippen molar-refractivity contribution in [1.29, 1.82) is 0 Å². The van der Waals surface area contributed by atoms with Gasteiger partial charge in [0.05, 0.1) is 0 Å². The second kappa shape index (κ2) is 6.12. The zero-order valence-electron chi connectivity index (χ0n) is 13.4. The third kappa shape index (κ3) is 5.01. The quantitative estimate of drug-likeness (QED) is 0.798. The summed E-state index contributed by atoms with van der Waals surface area (Å²) < 4.78 is 5.51. The van der Waals surface area contributed by atoms with Crippen molar-refractivity contribution in [2.45, 2.75) is 65.0 Å². The summed E-state index contributed by atoms with van der Waals surface area (Å²) in [6.45, 7) is 11.9. The van der Waals surface area contributed by atoms with Gasteiger partial charge in [-0.3, -0.25) is 0 Å². The minimum absolute atomic E-state index is 0.0906. The van der Waals surface area contributed by atoms with Crippen LogP contribution in [-0.4, -0.2) is 42.3 Å². The lowest BCUT2D eigenvalue weighted by atomic mass is 9.93. The molecule has 4 nitrogen and oxygen atoms in total. The Kier molecular flexibility index (Phi) is 5.25. The summed E-state index contributed by atoms with van der Waals surface area (Å²) >= 11 is 0. The number of amides is 1. The molecule has 4 heteroatoms. The lowest BCUT2D eigenvalue weighted by molar-refractivity contribution is 0.0131. The normalized spacial score (nSPS) is 22.6. The molecule has 1 rings (SSSR count). The van der Waals surface area contributed by atoms with Gasteiger partial charge in [0.25, 0.3) is 0 Å². The molecule has 1 amide bonds. The highest BCUT2D eigenvalue weighted by atomic mass is 16.6. The fourth-order valence-corrected chi connectivity index (χ4v) is 2.79. The van der Waals surface area contributed by atoms with Gasteiger partial charge in [-0.2, -0.15) is 0 Å². The van der Waals surface area contributed by atoms with E-state index in [1.54, 1.807) is 0 Å². The van der Waals surface area contributed by atoms with E-state index >= 15 is 0 Å². The van der Waals surface area contributed by atoms with E-state index in [4.69, 9.17) is 4.74 Å². The predicted molar refractivity (Wildman–Crippen MR) is 78.3 cm³/mol. The predicted octanol–water partition coefficient (Wildman–Crippen LogP) is 3.02. The second-order valence-electron chi connectivity index (χ2n) is 7.22. The maximum Gasteiger partial charge on any atom is 0.410 e. The van der Waals surface area contributed by atoms with E-state index in [0.717, 1.165) is 19.5 Å². The van der Waals surface area contributed by atoms with Crippen LogP contribution in [0.2, 0.25) is 0 Å². The number of hydrogen-bond acceptors (Lipinski definition) is 3. The zero-order valence-corrected chi connectivity index (χ0v) is 13.4. The fraction of sp³-hybridized carbons (Fsp3) is 0.933. The van der Waals surface area contributed by atoms with E-state index in [0.29, 0.717) is 5.92 Å². The van der Waals surface area contributed by atoms with Gasteiger partial charge >= 0.3 is 6.09 Å². The van der Waals surface area contributed by atoms with Gasteiger partial charge in [0.2, 0.25) is 0 Å². The molecule has 0 spiro atoms. The molecule has 0 bridgehead atoms. The Hall–Kier alpha value is -0.770. The summed E-state index contributed by atoms with van der Waals surface area (Å²) in [5, 5.41) is 3.17. The van der Waals surface area contributed by atoms with Crippen molar-refractivity contribution in [2.75, 3.05) is 20.1 Å². The first-order valence-corrected chi connectivity index (χ1v) is 7.31. The van der Waals surface area contributed by atoms with E-state index in [9.17, 15) is 4.79 Å². The van der Waals surface area contributed by atoms with E-state index in [1.165, 1.54) is 12.8 Å². The molecule has 1 unspecified atom stereocenters. The minimum Gasteiger partial charge on any atom is -0.444 e. The van der Waals surface area contributed by atoms with Crippen LogP contribution in [0.4, 0.5) is 4.79 Å². The molecule has 1 atom stereocenters. The maximum absolute atomic E-state index is 12.2. The molecule has 1 N–H and O–H groups in total. The first-order chi connectivity index (χ1) is 8.65. The molecule has 1 aliphatic heterocycles. The standard InChI is InChI=1S/C15H30N2O2/c1-14(2,3)19-13(18)17-11-12(8-7-9-16-6)10-15(17,4)5/h12,16H,7-11H2,1-6H3. The number of hydrogen-bond donors (Lipinski definition) is 1. The van der Waals surface area contributed by atoms with Crippen LogP contribution in [0.3, 0.4) is 0 Å². The molecule has 0 aromatic heterocycles. The molecule has 0 saturated carbocycles. The van der Waals surface area contributed by atoms with Gasteiger partial charge in [0.1, 0.15) is 5.60 Å². The number of rotatable bonds is 4. The number of carbonyl (C=O) groups excluding carboxylic acids is 1. The molecule has 0 aliphatic carbocycles. The van der Waals surface area contributed by atoms with Gasteiger partial charge in [-0.05, 0) is 73.4 Å². The van der Waals surface area contributed by atoms with Crippen LogP contribution < -0.4 is 5.32 Å². The maximum atomic E-state index is 12.2. The first-order valence-electron chi connectivity index (χ1n) is 7.31. The Morgan fingerprint density at radius 3 is 2.58 bits per heavy atom. The number of likely N-dealkylation sites (tertiary alicyclic amines) is 1. The largest absolute Gasteiger partial charge is 0.444 e. The summed E-state index contributed by atoms with van der Waals surface area (Å²) in [7, 11) is 1.98. The Labute approximate surface area is 117 Å². The van der Waals surface area contributed by atoms with Gasteiger partial charge in [-0.25, -0.2) is 4.79 Å². The zero-order chi connectivity index (χ0) is 14.7. The molecule has 1 aliphatic rings. The van der Waals surface area contributed by atoms with E-state index in [2.05, 4.69) is 19.2 Å². The third-order valence-electron chi connectivity index (χ3n) is 3.61. The Bertz CT molecular complexity index is 308. The van der Waals surface area contributed by atoms with Crippen molar-refractivity contribution < 1.29 is 9.53 Å². The van der Waals surface area contributed by atoms with Crippen molar-refractivity contribution in [3.05, 3.63) is 0 Å². The average Bonchev–Trinajstić information content (AvgIpc) is 2.51. The van der Waals surface area contributed by atoms with Gasteiger partial charge in [-0.1, -0.05) is 0 Å².